The lowest BCUT2D eigenvalue weighted by atomic mass is 9.98. The number of nitrogens with zero attached hydrogens (tertiary/aromatic N) is 6. The van der Waals surface area contributed by atoms with Gasteiger partial charge in [-0.25, -0.2) is 19.5 Å². The van der Waals surface area contributed by atoms with Gasteiger partial charge in [0, 0.05) is 67.3 Å². The summed E-state index contributed by atoms with van der Waals surface area (Å²) in [5.74, 6) is 0.913. The van der Waals surface area contributed by atoms with E-state index in [1.54, 1.807) is 0 Å². The zero-order chi connectivity index (χ0) is 17.0. The number of aromatic nitrogens is 5. The van der Waals surface area contributed by atoms with Gasteiger partial charge in [-0.1, -0.05) is 6.92 Å². The van der Waals surface area contributed by atoms with Gasteiger partial charge in [-0.05, 0) is 19.8 Å². The molecule has 5 rings (SSSR count). The van der Waals surface area contributed by atoms with E-state index in [0.717, 1.165) is 36.6 Å². The fourth-order valence-corrected chi connectivity index (χ4v) is 4.40. The summed E-state index contributed by atoms with van der Waals surface area (Å²) in [5, 5.41) is 4.67. The Balaban J connectivity index is 1.49. The second kappa shape index (κ2) is 5.59. The number of fused-ring (bicyclic) bond motifs is 6. The van der Waals surface area contributed by atoms with Crippen molar-refractivity contribution in [1.82, 2.24) is 29.5 Å². The number of aryl methyl sites for hydroxylation is 2. The third-order valence-corrected chi connectivity index (χ3v) is 5.61. The topological polar surface area (TPSA) is 59.2 Å². The minimum absolute atomic E-state index is 0.431. The summed E-state index contributed by atoms with van der Waals surface area (Å²) in [5.41, 5.74) is 5.88. The molecule has 2 aliphatic heterocycles. The highest BCUT2D eigenvalue weighted by Gasteiger charge is 2.41. The van der Waals surface area contributed by atoms with Crippen LogP contribution in [0.25, 0.3) is 5.65 Å². The fraction of sp³-hybridized carbons (Fsp3) is 0.474. The minimum Gasteiger partial charge on any atom is -0.289 e. The van der Waals surface area contributed by atoms with Crippen molar-refractivity contribution in [3.05, 3.63) is 53.0 Å². The van der Waals surface area contributed by atoms with Gasteiger partial charge >= 0.3 is 0 Å². The average Bonchev–Trinajstić information content (AvgIpc) is 3.13. The van der Waals surface area contributed by atoms with Gasteiger partial charge in [0.2, 0.25) is 0 Å². The van der Waals surface area contributed by atoms with Crippen molar-refractivity contribution in [2.24, 2.45) is 0 Å². The van der Waals surface area contributed by atoms with Crippen molar-refractivity contribution in [1.29, 1.82) is 0 Å². The molecule has 2 bridgehead atoms. The molecule has 0 saturated carbocycles. The maximum absolute atomic E-state index is 4.67. The molecule has 0 unspecified atom stereocenters. The first-order valence-corrected chi connectivity index (χ1v) is 9.12. The van der Waals surface area contributed by atoms with E-state index in [0.29, 0.717) is 12.1 Å². The van der Waals surface area contributed by atoms with E-state index in [9.17, 15) is 0 Å². The molecule has 6 heteroatoms. The van der Waals surface area contributed by atoms with Crippen LogP contribution in [-0.4, -0.2) is 35.5 Å². The number of hydrogen-bond donors (Lipinski definition) is 0. The van der Waals surface area contributed by atoms with Crippen molar-refractivity contribution in [3.63, 3.8) is 0 Å². The van der Waals surface area contributed by atoms with E-state index in [-0.39, 0.29) is 0 Å². The van der Waals surface area contributed by atoms with Crippen molar-refractivity contribution in [2.75, 3.05) is 0 Å². The van der Waals surface area contributed by atoms with Crippen LogP contribution in [0.15, 0.2) is 24.7 Å². The summed E-state index contributed by atoms with van der Waals surface area (Å²) in [6, 6.07) is 3.06. The van der Waals surface area contributed by atoms with E-state index >= 15 is 0 Å². The summed E-state index contributed by atoms with van der Waals surface area (Å²) in [7, 11) is 0. The van der Waals surface area contributed by atoms with Gasteiger partial charge in [-0.2, -0.15) is 5.10 Å². The molecule has 1 fully saturated rings. The summed E-state index contributed by atoms with van der Waals surface area (Å²) in [6.07, 6.45) is 10.4. The van der Waals surface area contributed by atoms with E-state index in [1.165, 1.54) is 29.7 Å². The number of rotatable bonds is 3. The van der Waals surface area contributed by atoms with Gasteiger partial charge in [-0.15, -0.1) is 0 Å². The highest BCUT2D eigenvalue weighted by atomic mass is 15.3. The van der Waals surface area contributed by atoms with Crippen LogP contribution in [0.4, 0.5) is 0 Å². The molecule has 128 valence electrons. The normalized spacial score (nSPS) is 22.5. The van der Waals surface area contributed by atoms with Crippen molar-refractivity contribution in [2.45, 2.75) is 58.2 Å². The maximum atomic E-state index is 4.67. The van der Waals surface area contributed by atoms with Gasteiger partial charge in [0.25, 0.3) is 0 Å². The van der Waals surface area contributed by atoms with Gasteiger partial charge in [0.1, 0.15) is 5.82 Å². The Labute approximate surface area is 146 Å². The Kier molecular flexibility index (Phi) is 3.35. The summed E-state index contributed by atoms with van der Waals surface area (Å²) < 4.78 is 2.06. The first kappa shape index (κ1) is 15.0. The quantitative estimate of drug-likeness (QED) is 0.737. The third kappa shape index (κ3) is 2.35. The molecule has 0 aromatic carbocycles. The predicted molar refractivity (Wildman–Crippen MR) is 94.1 cm³/mol. The zero-order valence-electron chi connectivity index (χ0n) is 14.7. The largest absolute Gasteiger partial charge is 0.289 e. The Morgan fingerprint density at radius 2 is 1.96 bits per heavy atom. The molecule has 2 atom stereocenters. The molecule has 2 aliphatic rings. The molecular formula is C19H22N6. The van der Waals surface area contributed by atoms with Crippen molar-refractivity contribution < 1.29 is 0 Å². The van der Waals surface area contributed by atoms with Gasteiger partial charge in [-0.3, -0.25) is 4.90 Å². The molecule has 0 N–H and O–H groups in total. The van der Waals surface area contributed by atoms with Crippen LogP contribution in [-0.2, 0) is 19.4 Å². The monoisotopic (exact) mass is 334 g/mol. The van der Waals surface area contributed by atoms with E-state index in [1.807, 2.05) is 19.3 Å². The Bertz CT molecular complexity index is 929. The Morgan fingerprint density at radius 1 is 1.12 bits per heavy atom. The molecule has 5 heterocycles. The first-order chi connectivity index (χ1) is 12.2. The lowest BCUT2D eigenvalue weighted by molar-refractivity contribution is 0.164. The molecule has 3 aromatic heterocycles. The molecule has 0 aliphatic carbocycles. The molecular weight excluding hydrogens is 312 g/mol. The second-order valence-corrected chi connectivity index (χ2v) is 7.20. The minimum atomic E-state index is 0.431. The Morgan fingerprint density at radius 3 is 2.76 bits per heavy atom. The summed E-state index contributed by atoms with van der Waals surface area (Å²) >= 11 is 0. The van der Waals surface area contributed by atoms with Gasteiger partial charge in [0.15, 0.2) is 5.65 Å². The number of hydrogen-bond acceptors (Lipinski definition) is 5. The molecule has 1 saturated heterocycles. The molecule has 6 nitrogen and oxygen atoms in total. The highest BCUT2D eigenvalue weighted by Crippen LogP contribution is 2.44. The van der Waals surface area contributed by atoms with Crippen LogP contribution in [0.2, 0.25) is 0 Å². The molecule has 0 radical (unpaired) electrons. The van der Waals surface area contributed by atoms with Crippen LogP contribution >= 0.6 is 0 Å². The van der Waals surface area contributed by atoms with Crippen LogP contribution in [0.1, 0.15) is 54.1 Å². The van der Waals surface area contributed by atoms with Crippen molar-refractivity contribution >= 4 is 5.65 Å². The van der Waals surface area contributed by atoms with Crippen LogP contribution in [0, 0.1) is 6.92 Å². The lowest BCUT2D eigenvalue weighted by Gasteiger charge is -2.36. The third-order valence-electron chi connectivity index (χ3n) is 5.61. The summed E-state index contributed by atoms with van der Waals surface area (Å²) in [6.45, 7) is 5.03. The molecule has 25 heavy (non-hydrogen) atoms. The predicted octanol–water partition coefficient (Wildman–Crippen LogP) is 2.65. The molecule has 3 aromatic rings. The fourth-order valence-electron chi connectivity index (χ4n) is 4.40. The van der Waals surface area contributed by atoms with Crippen LogP contribution < -0.4 is 0 Å². The van der Waals surface area contributed by atoms with E-state index in [2.05, 4.69) is 48.7 Å². The van der Waals surface area contributed by atoms with Crippen LogP contribution in [0.5, 0.6) is 0 Å². The van der Waals surface area contributed by atoms with Crippen molar-refractivity contribution in [3.8, 4) is 0 Å². The standard InChI is InChI=1S/C19H22N6/c1-3-18-20-8-13(9-21-18)11-24-14-4-5-16(24)15-10-22-19-6-12(2)23-25(19)17(15)7-14/h6,8-10,14,16H,3-5,7,11H2,1-2H3/t14-,16-/m1/s1. The van der Waals surface area contributed by atoms with Gasteiger partial charge in [0.05, 0.1) is 11.4 Å². The highest BCUT2D eigenvalue weighted by molar-refractivity contribution is 5.44. The molecule has 0 amide bonds. The maximum Gasteiger partial charge on any atom is 0.155 e. The second-order valence-electron chi connectivity index (χ2n) is 7.20. The lowest BCUT2D eigenvalue weighted by Crippen LogP contribution is -2.38. The van der Waals surface area contributed by atoms with Crippen LogP contribution in [0.3, 0.4) is 0 Å². The smallest absolute Gasteiger partial charge is 0.155 e. The first-order valence-electron chi connectivity index (χ1n) is 9.12. The summed E-state index contributed by atoms with van der Waals surface area (Å²) in [4.78, 5) is 16.2. The Hall–Kier alpha value is -2.34. The average molecular weight is 334 g/mol. The molecule has 0 spiro atoms. The van der Waals surface area contributed by atoms with E-state index in [4.69, 9.17) is 0 Å². The zero-order valence-corrected chi connectivity index (χ0v) is 14.7. The SMILES string of the molecule is CCc1ncc(CN2[C@@H]3CC[C@@H]2c2cnc4cc(C)nn4c2C3)cn1. The van der Waals surface area contributed by atoms with Gasteiger partial charge < -0.3 is 0 Å². The van der Waals surface area contributed by atoms with E-state index < -0.39 is 0 Å².